The molecule has 2 aromatic rings. The molecule has 0 spiro atoms. The average molecular weight is 460 g/mol. The van der Waals surface area contributed by atoms with E-state index >= 15 is 0 Å². The summed E-state index contributed by atoms with van der Waals surface area (Å²) >= 11 is 0. The monoisotopic (exact) mass is 460 g/mol. The van der Waals surface area contributed by atoms with Crippen molar-refractivity contribution in [2.24, 2.45) is 0 Å². The molecule has 1 heterocycles. The van der Waals surface area contributed by atoms with E-state index in [9.17, 15) is 14.9 Å². The molecule has 0 unspecified atom stereocenters. The molecular formula is C23H28N2O8. The Balaban J connectivity index is 2.02. The molecule has 178 valence electrons. The van der Waals surface area contributed by atoms with Gasteiger partial charge in [0.05, 0.1) is 39.5 Å². The average Bonchev–Trinajstić information content (AvgIpc) is 2.82. The van der Waals surface area contributed by atoms with Crippen molar-refractivity contribution in [3.8, 4) is 28.7 Å². The van der Waals surface area contributed by atoms with Crippen molar-refractivity contribution in [1.29, 1.82) is 0 Å². The number of nitro groups is 1. The van der Waals surface area contributed by atoms with Gasteiger partial charge >= 0.3 is 5.69 Å². The van der Waals surface area contributed by atoms with Crippen LogP contribution >= 0.6 is 0 Å². The van der Waals surface area contributed by atoms with Crippen LogP contribution in [0.4, 0.5) is 5.69 Å². The highest BCUT2D eigenvalue weighted by atomic mass is 16.6. The summed E-state index contributed by atoms with van der Waals surface area (Å²) in [6.45, 7) is 5.43. The maximum Gasteiger partial charge on any atom is 0.327 e. The Morgan fingerprint density at radius 2 is 1.55 bits per heavy atom. The molecule has 33 heavy (non-hydrogen) atoms. The van der Waals surface area contributed by atoms with Crippen molar-refractivity contribution >= 4 is 11.6 Å². The minimum absolute atomic E-state index is 0.0528. The van der Waals surface area contributed by atoms with Gasteiger partial charge in [-0.25, -0.2) is 0 Å². The van der Waals surface area contributed by atoms with Crippen LogP contribution in [0.1, 0.15) is 35.3 Å². The Morgan fingerprint density at radius 1 is 0.939 bits per heavy atom. The molecule has 0 N–H and O–H groups in total. The predicted octanol–water partition coefficient (Wildman–Crippen LogP) is 3.62. The maximum absolute atomic E-state index is 13.5. The van der Waals surface area contributed by atoms with E-state index < -0.39 is 16.5 Å². The summed E-state index contributed by atoms with van der Waals surface area (Å²) in [5, 5.41) is 11.9. The third kappa shape index (κ3) is 4.59. The molecule has 0 saturated heterocycles. The van der Waals surface area contributed by atoms with E-state index in [1.165, 1.54) is 27.4 Å². The van der Waals surface area contributed by atoms with Gasteiger partial charge in [-0.2, -0.15) is 0 Å². The molecule has 1 amide bonds. The highest BCUT2D eigenvalue weighted by molar-refractivity contribution is 6.00. The topological polar surface area (TPSA) is 110 Å². The van der Waals surface area contributed by atoms with Crippen molar-refractivity contribution in [3.63, 3.8) is 0 Å². The van der Waals surface area contributed by atoms with Crippen molar-refractivity contribution in [2.45, 2.75) is 26.8 Å². The highest BCUT2D eigenvalue weighted by Gasteiger charge is 2.35. The first-order valence-corrected chi connectivity index (χ1v) is 10.6. The summed E-state index contributed by atoms with van der Waals surface area (Å²) in [5.41, 5.74) is 1.35. The lowest BCUT2D eigenvalue weighted by atomic mass is 9.97. The summed E-state index contributed by atoms with van der Waals surface area (Å²) in [7, 11) is 4.01. The quantitative estimate of drug-likeness (QED) is 0.412. The molecule has 3 rings (SSSR count). The lowest BCUT2D eigenvalue weighted by molar-refractivity contribution is -0.386. The van der Waals surface area contributed by atoms with Crippen LogP contribution in [0.15, 0.2) is 18.2 Å². The lowest BCUT2D eigenvalue weighted by Gasteiger charge is -2.30. The van der Waals surface area contributed by atoms with Crippen molar-refractivity contribution in [1.82, 2.24) is 4.90 Å². The molecule has 0 aromatic heterocycles. The zero-order valence-electron chi connectivity index (χ0n) is 19.4. The van der Waals surface area contributed by atoms with Gasteiger partial charge in [0.15, 0.2) is 17.2 Å². The molecule has 2 aromatic carbocycles. The Morgan fingerprint density at radius 3 is 2.06 bits per heavy atom. The van der Waals surface area contributed by atoms with Crippen LogP contribution in [-0.2, 0) is 13.0 Å². The van der Waals surface area contributed by atoms with Gasteiger partial charge in [0.25, 0.3) is 5.91 Å². The first-order chi connectivity index (χ1) is 15.9. The molecule has 0 fully saturated rings. The van der Waals surface area contributed by atoms with Crippen LogP contribution in [0.5, 0.6) is 28.7 Å². The summed E-state index contributed by atoms with van der Waals surface area (Å²) in [5.74, 6) is 0.822. The number of hydrogen-bond acceptors (Lipinski definition) is 8. The Kier molecular flexibility index (Phi) is 7.47. The Bertz CT molecular complexity index is 1050. The van der Waals surface area contributed by atoms with Gasteiger partial charge in [-0.1, -0.05) is 0 Å². The van der Waals surface area contributed by atoms with Crippen LogP contribution in [0.2, 0.25) is 0 Å². The van der Waals surface area contributed by atoms with E-state index in [0.717, 1.165) is 11.1 Å². The fraction of sp³-hybridized carbons (Fsp3) is 0.435. The molecule has 10 nitrogen and oxygen atoms in total. The maximum atomic E-state index is 13.5. The van der Waals surface area contributed by atoms with Gasteiger partial charge in [-0.3, -0.25) is 14.9 Å². The lowest BCUT2D eigenvalue weighted by Crippen LogP contribution is -2.36. The smallest absolute Gasteiger partial charge is 0.327 e. The van der Waals surface area contributed by atoms with Gasteiger partial charge in [-0.05, 0) is 43.5 Å². The van der Waals surface area contributed by atoms with Gasteiger partial charge in [0.2, 0.25) is 11.5 Å². The number of methoxy groups -OCH3 is 3. The van der Waals surface area contributed by atoms with E-state index in [4.69, 9.17) is 23.7 Å². The van der Waals surface area contributed by atoms with Crippen LogP contribution in [-0.4, -0.2) is 56.8 Å². The largest absolute Gasteiger partial charge is 0.493 e. The number of ether oxygens (including phenoxy) is 5. The van der Waals surface area contributed by atoms with Gasteiger partial charge < -0.3 is 28.6 Å². The van der Waals surface area contributed by atoms with Crippen LogP contribution in [0.3, 0.4) is 0 Å². The Labute approximate surface area is 192 Å². The van der Waals surface area contributed by atoms with Crippen LogP contribution in [0, 0.1) is 10.1 Å². The van der Waals surface area contributed by atoms with Gasteiger partial charge in [-0.15, -0.1) is 0 Å². The number of nitrogens with zero attached hydrogens (tertiary/aromatic N) is 2. The molecule has 10 heteroatoms. The zero-order chi connectivity index (χ0) is 24.1. The number of fused-ring (bicyclic) bond motifs is 1. The first-order valence-electron chi connectivity index (χ1n) is 10.6. The number of benzene rings is 2. The number of nitro benzene ring substituents is 1. The van der Waals surface area contributed by atoms with E-state index in [-0.39, 0.29) is 29.4 Å². The van der Waals surface area contributed by atoms with Crippen molar-refractivity contribution < 1.29 is 33.4 Å². The number of hydrogen-bond donors (Lipinski definition) is 0. The summed E-state index contributed by atoms with van der Waals surface area (Å²) in [4.78, 5) is 26.3. The van der Waals surface area contributed by atoms with E-state index in [0.29, 0.717) is 37.7 Å². The zero-order valence-corrected chi connectivity index (χ0v) is 19.4. The minimum atomic E-state index is -0.645. The van der Waals surface area contributed by atoms with E-state index in [1.807, 2.05) is 26.0 Å². The molecule has 1 aliphatic heterocycles. The highest BCUT2D eigenvalue weighted by Crippen LogP contribution is 2.47. The number of rotatable bonds is 9. The molecule has 0 saturated carbocycles. The minimum Gasteiger partial charge on any atom is -0.493 e. The predicted molar refractivity (Wildman–Crippen MR) is 120 cm³/mol. The molecule has 1 aliphatic rings. The van der Waals surface area contributed by atoms with Gasteiger partial charge in [0, 0.05) is 19.2 Å². The molecule has 0 atom stereocenters. The summed E-state index contributed by atoms with van der Waals surface area (Å²) in [6, 6.07) is 5.13. The number of carbonyl (C=O) groups is 1. The fourth-order valence-electron chi connectivity index (χ4n) is 3.93. The second-order valence-corrected chi connectivity index (χ2v) is 7.21. The summed E-state index contributed by atoms with van der Waals surface area (Å²) < 4.78 is 27.2. The number of carbonyl (C=O) groups excluding carboxylic acids is 1. The second kappa shape index (κ2) is 10.3. The number of amides is 1. The third-order valence-electron chi connectivity index (χ3n) is 5.38. The third-order valence-corrected chi connectivity index (χ3v) is 5.38. The molecular weight excluding hydrogens is 432 g/mol. The van der Waals surface area contributed by atoms with E-state index in [1.54, 1.807) is 4.90 Å². The SMILES string of the molecule is CCOc1cc2c(cc1OCC)CN(C(=O)c1cc(OC)c(OC)c(OC)c1[N+](=O)[O-])CC2. The molecule has 0 aliphatic carbocycles. The first kappa shape index (κ1) is 24.0. The van der Waals surface area contributed by atoms with Crippen LogP contribution in [0.25, 0.3) is 0 Å². The van der Waals surface area contributed by atoms with Gasteiger partial charge in [0.1, 0.15) is 5.56 Å². The van der Waals surface area contributed by atoms with Crippen molar-refractivity contribution in [2.75, 3.05) is 41.1 Å². The van der Waals surface area contributed by atoms with Crippen LogP contribution < -0.4 is 23.7 Å². The van der Waals surface area contributed by atoms with Crippen molar-refractivity contribution in [3.05, 3.63) is 45.0 Å². The Hall–Kier alpha value is -3.69. The second-order valence-electron chi connectivity index (χ2n) is 7.21. The fourth-order valence-corrected chi connectivity index (χ4v) is 3.93. The summed E-state index contributed by atoms with van der Waals surface area (Å²) in [6.07, 6.45) is 0.575. The molecule has 0 bridgehead atoms. The normalized spacial score (nSPS) is 12.6. The standard InChI is InChI=1S/C23H28N2O8/c1-6-32-17-10-14-8-9-24(13-15(14)11-18(17)33-7-2)23(26)16-12-19(29-3)21(30-4)22(31-5)20(16)25(27)28/h10-12H,6-9,13H2,1-5H3. The molecule has 0 radical (unpaired) electrons. The van der Waals surface area contributed by atoms with E-state index in [2.05, 4.69) is 0 Å².